The van der Waals surface area contributed by atoms with Gasteiger partial charge in [-0.1, -0.05) is 84.9 Å². The molecule has 5 nitrogen and oxygen atoms in total. The van der Waals surface area contributed by atoms with E-state index in [1.807, 2.05) is 72.8 Å². The maximum atomic E-state index is 12.8. The highest BCUT2D eigenvalue weighted by Crippen LogP contribution is 2.54. The van der Waals surface area contributed by atoms with Gasteiger partial charge in [-0.25, -0.2) is 0 Å². The summed E-state index contributed by atoms with van der Waals surface area (Å²) in [7, 11) is 0. The first-order valence-electron chi connectivity index (χ1n) is 16.1. The predicted molar refractivity (Wildman–Crippen MR) is 184 cm³/mol. The van der Waals surface area contributed by atoms with E-state index in [9.17, 15) is 4.39 Å². The second-order valence-electron chi connectivity index (χ2n) is 12.0. The van der Waals surface area contributed by atoms with Crippen LogP contribution in [-0.2, 0) is 13.2 Å². The lowest BCUT2D eigenvalue weighted by Gasteiger charge is -2.37. The van der Waals surface area contributed by atoms with Crippen LogP contribution in [0.15, 0.2) is 132 Å². The summed E-state index contributed by atoms with van der Waals surface area (Å²) in [6.07, 6.45) is -0.235. The molecule has 2 aliphatic rings. The Morgan fingerprint density at radius 2 is 1.32 bits per heavy atom. The van der Waals surface area contributed by atoms with Gasteiger partial charge in [0.1, 0.15) is 48.9 Å². The molecule has 2 heterocycles. The van der Waals surface area contributed by atoms with Crippen LogP contribution in [0.25, 0.3) is 0 Å². The van der Waals surface area contributed by atoms with E-state index in [1.54, 1.807) is 11.8 Å². The molecule has 240 valence electrons. The molecule has 0 amide bonds. The molecule has 0 bridgehead atoms. The minimum Gasteiger partial charge on any atom is -0.492 e. The van der Waals surface area contributed by atoms with Gasteiger partial charge in [0.2, 0.25) is 0 Å². The summed E-state index contributed by atoms with van der Waals surface area (Å²) in [5.41, 5.74) is 4.43. The smallest absolute Gasteiger partial charge is 0.140 e. The average molecular weight is 648 g/mol. The zero-order valence-corrected chi connectivity index (χ0v) is 27.0. The molecule has 0 saturated carbocycles. The van der Waals surface area contributed by atoms with Crippen molar-refractivity contribution in [1.29, 1.82) is 0 Å². The monoisotopic (exact) mass is 647 g/mol. The summed E-state index contributed by atoms with van der Waals surface area (Å²) < 4.78 is 37.9. The number of fused-ring (bicyclic) bond motifs is 1. The first-order chi connectivity index (χ1) is 23.2. The Kier molecular flexibility index (Phi) is 9.92. The standard InChI is InChI=1S/C40H38FNO4S/c41-24-31-25-42(26-31)20-21-43-34-16-14-32(15-17-34)39-40(33-12-7-13-35(22-33)44-27-29-8-3-1-4-9-29)47-38-23-36(18-19-37(38)46-39)45-28-30-10-5-2-6-11-30/h1-19,22-23,31,39-40H,20-21,24-28H2. The summed E-state index contributed by atoms with van der Waals surface area (Å²) in [5, 5.41) is -0.0335. The van der Waals surface area contributed by atoms with Gasteiger partial charge in [-0.2, -0.15) is 0 Å². The lowest BCUT2D eigenvalue weighted by atomic mass is 9.99. The van der Waals surface area contributed by atoms with Crippen LogP contribution in [0.1, 0.15) is 33.6 Å². The minimum absolute atomic E-state index is 0.0335. The molecule has 5 aromatic carbocycles. The molecular formula is C40H38FNO4S. The SMILES string of the molecule is FCC1CN(CCOc2ccc(C3Oc4ccc(OCc5ccccc5)cc4SC3c3cccc(OCc4ccccc4)c3)cc2)C1. The lowest BCUT2D eigenvalue weighted by Crippen LogP contribution is -2.49. The van der Waals surface area contributed by atoms with Crippen molar-refractivity contribution in [3.8, 4) is 23.0 Å². The topological polar surface area (TPSA) is 40.2 Å². The highest BCUT2D eigenvalue weighted by Gasteiger charge is 2.34. The van der Waals surface area contributed by atoms with Gasteiger partial charge in [0.05, 0.1) is 16.8 Å². The van der Waals surface area contributed by atoms with Crippen LogP contribution in [0, 0.1) is 5.92 Å². The highest BCUT2D eigenvalue weighted by molar-refractivity contribution is 7.99. The van der Waals surface area contributed by atoms with Crippen LogP contribution >= 0.6 is 11.8 Å². The number of alkyl halides is 1. The van der Waals surface area contributed by atoms with E-state index in [-0.39, 0.29) is 23.9 Å². The third-order valence-corrected chi connectivity index (χ3v) is 9.86. The summed E-state index contributed by atoms with van der Waals surface area (Å²) in [6.45, 7) is 3.79. The minimum atomic E-state index is -0.236. The zero-order valence-electron chi connectivity index (χ0n) is 26.2. The molecule has 0 N–H and O–H groups in total. The first-order valence-corrected chi connectivity index (χ1v) is 17.0. The zero-order chi connectivity index (χ0) is 31.8. The third kappa shape index (κ3) is 7.92. The van der Waals surface area contributed by atoms with E-state index in [0.29, 0.717) is 19.8 Å². The Hall–Kier alpha value is -4.46. The van der Waals surface area contributed by atoms with Gasteiger partial charge < -0.3 is 18.9 Å². The van der Waals surface area contributed by atoms with Gasteiger partial charge in [0.15, 0.2) is 0 Å². The van der Waals surface area contributed by atoms with Gasteiger partial charge in [-0.05, 0) is 64.7 Å². The molecule has 5 aromatic rings. The largest absolute Gasteiger partial charge is 0.492 e. The maximum absolute atomic E-state index is 12.8. The van der Waals surface area contributed by atoms with E-state index >= 15 is 0 Å². The number of nitrogens with zero attached hydrogens (tertiary/aromatic N) is 1. The fourth-order valence-electron chi connectivity index (χ4n) is 5.92. The van der Waals surface area contributed by atoms with Crippen molar-refractivity contribution in [2.24, 2.45) is 5.92 Å². The first kappa shape index (κ1) is 31.2. The van der Waals surface area contributed by atoms with E-state index in [2.05, 4.69) is 59.5 Å². The van der Waals surface area contributed by atoms with Crippen molar-refractivity contribution in [3.63, 3.8) is 0 Å². The normalized spacial score (nSPS) is 17.6. The lowest BCUT2D eigenvalue weighted by molar-refractivity contribution is 0.0668. The van der Waals surface area contributed by atoms with Crippen molar-refractivity contribution in [2.75, 3.05) is 32.9 Å². The maximum Gasteiger partial charge on any atom is 0.140 e. The molecule has 0 spiro atoms. The highest BCUT2D eigenvalue weighted by atomic mass is 32.2. The molecule has 7 heteroatoms. The number of ether oxygens (including phenoxy) is 4. The fourth-order valence-corrected chi connectivity index (χ4v) is 7.23. The van der Waals surface area contributed by atoms with Crippen molar-refractivity contribution < 1.29 is 23.3 Å². The van der Waals surface area contributed by atoms with Gasteiger partial charge in [-0.3, -0.25) is 9.29 Å². The Morgan fingerprint density at radius 1 is 0.660 bits per heavy atom. The molecule has 47 heavy (non-hydrogen) atoms. The summed E-state index contributed by atoms with van der Waals surface area (Å²) >= 11 is 1.78. The molecule has 0 aliphatic carbocycles. The third-order valence-electron chi connectivity index (χ3n) is 8.52. The summed E-state index contributed by atoms with van der Waals surface area (Å²) in [4.78, 5) is 3.26. The van der Waals surface area contributed by atoms with Crippen LogP contribution in [0.3, 0.4) is 0 Å². The van der Waals surface area contributed by atoms with E-state index in [0.717, 1.165) is 69.8 Å². The van der Waals surface area contributed by atoms with Crippen molar-refractivity contribution in [2.45, 2.75) is 29.5 Å². The van der Waals surface area contributed by atoms with Crippen LogP contribution in [0.4, 0.5) is 4.39 Å². The summed E-state index contributed by atoms with van der Waals surface area (Å²) in [6, 6.07) is 43.0. The molecule has 2 aliphatic heterocycles. The average Bonchev–Trinajstić information content (AvgIpc) is 3.11. The second-order valence-corrected chi connectivity index (χ2v) is 13.2. The van der Waals surface area contributed by atoms with Gasteiger partial charge >= 0.3 is 0 Å². The van der Waals surface area contributed by atoms with Gasteiger partial charge in [0.25, 0.3) is 0 Å². The number of hydrogen-bond acceptors (Lipinski definition) is 6. The van der Waals surface area contributed by atoms with E-state index in [1.165, 1.54) is 0 Å². The number of likely N-dealkylation sites (tertiary alicyclic amines) is 1. The number of hydrogen-bond donors (Lipinski definition) is 0. The van der Waals surface area contributed by atoms with Gasteiger partial charge in [-0.15, -0.1) is 11.8 Å². The number of benzene rings is 5. The van der Waals surface area contributed by atoms with Crippen LogP contribution in [-0.4, -0.2) is 37.8 Å². The Bertz CT molecular complexity index is 1730. The number of halogens is 1. The van der Waals surface area contributed by atoms with E-state index < -0.39 is 0 Å². The molecule has 0 aromatic heterocycles. The van der Waals surface area contributed by atoms with Crippen LogP contribution in [0.2, 0.25) is 0 Å². The van der Waals surface area contributed by atoms with Crippen LogP contribution in [0.5, 0.6) is 23.0 Å². The molecule has 0 radical (unpaired) electrons. The molecule has 2 atom stereocenters. The molecular weight excluding hydrogens is 610 g/mol. The number of thioether (sulfide) groups is 1. The molecule has 1 fully saturated rings. The Morgan fingerprint density at radius 3 is 2.00 bits per heavy atom. The summed E-state index contributed by atoms with van der Waals surface area (Å²) in [5.74, 6) is 3.46. The van der Waals surface area contributed by atoms with Crippen molar-refractivity contribution in [3.05, 3.63) is 150 Å². The Labute approximate surface area is 280 Å². The fraction of sp³-hybridized carbons (Fsp3) is 0.250. The molecule has 1 saturated heterocycles. The van der Waals surface area contributed by atoms with E-state index in [4.69, 9.17) is 18.9 Å². The quantitative estimate of drug-likeness (QED) is 0.127. The Balaban J connectivity index is 1.09. The molecule has 7 rings (SSSR count). The number of rotatable bonds is 13. The van der Waals surface area contributed by atoms with Crippen molar-refractivity contribution >= 4 is 11.8 Å². The van der Waals surface area contributed by atoms with Crippen LogP contribution < -0.4 is 18.9 Å². The van der Waals surface area contributed by atoms with Gasteiger partial charge in [0, 0.05) is 25.6 Å². The van der Waals surface area contributed by atoms with Crippen molar-refractivity contribution in [1.82, 2.24) is 4.90 Å². The second kappa shape index (κ2) is 15.0. The predicted octanol–water partition coefficient (Wildman–Crippen LogP) is 9.09. The molecule has 2 unspecified atom stereocenters.